The van der Waals surface area contributed by atoms with Gasteiger partial charge in [0.15, 0.2) is 17.5 Å². The van der Waals surface area contributed by atoms with Crippen molar-refractivity contribution in [1.82, 2.24) is 15.0 Å². The van der Waals surface area contributed by atoms with Crippen molar-refractivity contribution in [3.8, 4) is 45.3 Å². The highest BCUT2D eigenvalue weighted by Crippen LogP contribution is 2.40. The fourth-order valence-corrected chi connectivity index (χ4v) is 7.01. The Kier molecular flexibility index (Phi) is 6.15. The molecule has 4 nitrogen and oxygen atoms in total. The van der Waals surface area contributed by atoms with Crippen LogP contribution in [0.1, 0.15) is 0 Å². The molecule has 49 heavy (non-hydrogen) atoms. The molecule has 8 aromatic carbocycles. The van der Waals surface area contributed by atoms with E-state index < -0.39 is 0 Å². The number of hydrogen-bond acceptors (Lipinski definition) is 4. The van der Waals surface area contributed by atoms with Crippen LogP contribution in [0.4, 0.5) is 0 Å². The third kappa shape index (κ3) is 4.65. The van der Waals surface area contributed by atoms with Gasteiger partial charge in [0.1, 0.15) is 11.2 Å². The van der Waals surface area contributed by atoms with E-state index in [-0.39, 0.29) is 0 Å². The minimum Gasteiger partial charge on any atom is -0.455 e. The van der Waals surface area contributed by atoms with Gasteiger partial charge < -0.3 is 4.42 Å². The summed E-state index contributed by atoms with van der Waals surface area (Å²) in [5.41, 5.74) is 6.79. The van der Waals surface area contributed by atoms with Gasteiger partial charge in [0, 0.05) is 32.8 Å². The minimum absolute atomic E-state index is 0.596. The molecule has 2 heterocycles. The normalized spacial score (nSPS) is 11.7. The smallest absolute Gasteiger partial charge is 0.164 e. The van der Waals surface area contributed by atoms with E-state index in [9.17, 15) is 0 Å². The van der Waals surface area contributed by atoms with Gasteiger partial charge in [-0.05, 0) is 68.4 Å². The van der Waals surface area contributed by atoms with Crippen LogP contribution < -0.4 is 0 Å². The fourth-order valence-electron chi connectivity index (χ4n) is 7.01. The predicted octanol–water partition coefficient (Wildman–Crippen LogP) is 11.9. The molecule has 0 fully saturated rings. The molecular formula is C45H27N3O. The Hall–Kier alpha value is -6.65. The molecule has 0 aliphatic rings. The van der Waals surface area contributed by atoms with Crippen LogP contribution in [0.3, 0.4) is 0 Å². The summed E-state index contributed by atoms with van der Waals surface area (Å²) in [7, 11) is 0. The first-order valence-corrected chi connectivity index (χ1v) is 16.4. The monoisotopic (exact) mass is 625 g/mol. The van der Waals surface area contributed by atoms with Gasteiger partial charge in [-0.25, -0.2) is 15.0 Å². The second-order valence-electron chi connectivity index (χ2n) is 12.5. The standard InChI is InChI=1S/C45H27N3O/c1-2-12-30(13-3-1)39-27-40-37-23-22-35(26-41(37)49-42(40)38-17-9-8-16-36(38)39)45-47-43(33-20-18-28-10-4-6-14-31(28)24-33)46-44(48-45)34-21-19-29-11-5-7-15-32(29)25-34/h1-27H. The number of rotatable bonds is 4. The first-order valence-electron chi connectivity index (χ1n) is 16.4. The zero-order valence-electron chi connectivity index (χ0n) is 26.3. The van der Waals surface area contributed by atoms with Crippen LogP contribution in [0.15, 0.2) is 168 Å². The second kappa shape index (κ2) is 11.0. The lowest BCUT2D eigenvalue weighted by Crippen LogP contribution is -2.00. The topological polar surface area (TPSA) is 51.8 Å². The van der Waals surface area contributed by atoms with E-state index >= 15 is 0 Å². The van der Waals surface area contributed by atoms with Crippen molar-refractivity contribution in [3.63, 3.8) is 0 Å². The maximum Gasteiger partial charge on any atom is 0.164 e. The molecule has 0 saturated heterocycles. The highest BCUT2D eigenvalue weighted by molar-refractivity contribution is 6.19. The molecule has 0 spiro atoms. The van der Waals surface area contributed by atoms with E-state index in [1.165, 1.54) is 21.9 Å². The van der Waals surface area contributed by atoms with Crippen molar-refractivity contribution in [1.29, 1.82) is 0 Å². The lowest BCUT2D eigenvalue weighted by Gasteiger charge is -2.10. The van der Waals surface area contributed by atoms with Crippen molar-refractivity contribution in [2.75, 3.05) is 0 Å². The molecule has 4 heteroatoms. The van der Waals surface area contributed by atoms with Crippen LogP contribution in [0.25, 0.3) is 99.5 Å². The maximum absolute atomic E-state index is 6.67. The van der Waals surface area contributed by atoms with Crippen LogP contribution in [0.2, 0.25) is 0 Å². The summed E-state index contributed by atoms with van der Waals surface area (Å²) >= 11 is 0. The fraction of sp³-hybridized carbons (Fsp3) is 0. The molecule has 0 aliphatic carbocycles. The van der Waals surface area contributed by atoms with Gasteiger partial charge in [-0.15, -0.1) is 0 Å². The Morgan fingerprint density at radius 2 is 0.837 bits per heavy atom. The maximum atomic E-state index is 6.67. The summed E-state index contributed by atoms with van der Waals surface area (Å²) in [6.45, 7) is 0. The van der Waals surface area contributed by atoms with E-state index in [4.69, 9.17) is 19.4 Å². The number of fused-ring (bicyclic) bond motifs is 7. The Morgan fingerprint density at radius 3 is 1.47 bits per heavy atom. The van der Waals surface area contributed by atoms with Gasteiger partial charge in [0.05, 0.1) is 0 Å². The van der Waals surface area contributed by atoms with Gasteiger partial charge in [0.2, 0.25) is 0 Å². The van der Waals surface area contributed by atoms with Gasteiger partial charge in [-0.3, -0.25) is 0 Å². The SMILES string of the molecule is c1ccc(-c2cc3c4ccc(-c5nc(-c6ccc7ccccc7c6)nc(-c6ccc7ccccc7c6)n5)cc4oc3c3ccccc23)cc1. The summed E-state index contributed by atoms with van der Waals surface area (Å²) in [5.74, 6) is 1.85. The number of benzene rings is 8. The van der Waals surface area contributed by atoms with Crippen LogP contribution in [-0.4, -0.2) is 15.0 Å². The molecule has 0 amide bonds. The largest absolute Gasteiger partial charge is 0.455 e. The summed E-state index contributed by atoms with van der Waals surface area (Å²) in [4.78, 5) is 15.2. The average Bonchev–Trinajstić information content (AvgIpc) is 3.55. The molecule has 0 saturated carbocycles. The Labute approximate surface area is 282 Å². The Balaban J connectivity index is 1.17. The third-order valence-corrected chi connectivity index (χ3v) is 9.47. The molecule has 0 atom stereocenters. The van der Waals surface area contributed by atoms with Crippen molar-refractivity contribution >= 4 is 54.3 Å². The van der Waals surface area contributed by atoms with Crippen LogP contribution in [-0.2, 0) is 0 Å². The Morgan fingerprint density at radius 1 is 0.327 bits per heavy atom. The molecule has 0 N–H and O–H groups in total. The van der Waals surface area contributed by atoms with Crippen LogP contribution in [0, 0.1) is 0 Å². The summed E-state index contributed by atoms with van der Waals surface area (Å²) < 4.78 is 6.67. The van der Waals surface area contributed by atoms with Crippen molar-refractivity contribution in [2.24, 2.45) is 0 Å². The van der Waals surface area contributed by atoms with E-state index in [1.54, 1.807) is 0 Å². The highest BCUT2D eigenvalue weighted by Gasteiger charge is 2.18. The van der Waals surface area contributed by atoms with Gasteiger partial charge >= 0.3 is 0 Å². The summed E-state index contributed by atoms with van der Waals surface area (Å²) in [6, 6.07) is 57.0. The van der Waals surface area contributed by atoms with Crippen molar-refractivity contribution in [3.05, 3.63) is 164 Å². The molecule has 0 unspecified atom stereocenters. The molecule has 0 aliphatic heterocycles. The van der Waals surface area contributed by atoms with E-state index in [0.717, 1.165) is 60.2 Å². The minimum atomic E-state index is 0.596. The molecular weight excluding hydrogens is 599 g/mol. The number of aromatic nitrogens is 3. The molecule has 228 valence electrons. The van der Waals surface area contributed by atoms with Gasteiger partial charge in [-0.2, -0.15) is 0 Å². The molecule has 0 bridgehead atoms. The second-order valence-corrected chi connectivity index (χ2v) is 12.5. The lowest BCUT2D eigenvalue weighted by molar-refractivity contribution is 0.673. The average molecular weight is 626 g/mol. The molecule has 2 aromatic heterocycles. The van der Waals surface area contributed by atoms with E-state index in [0.29, 0.717) is 17.5 Å². The highest BCUT2D eigenvalue weighted by atomic mass is 16.3. The summed E-state index contributed by atoms with van der Waals surface area (Å²) in [5, 5.41) is 9.03. The zero-order chi connectivity index (χ0) is 32.3. The number of nitrogens with zero attached hydrogens (tertiary/aromatic N) is 3. The van der Waals surface area contributed by atoms with Crippen molar-refractivity contribution in [2.45, 2.75) is 0 Å². The van der Waals surface area contributed by atoms with Crippen LogP contribution in [0.5, 0.6) is 0 Å². The zero-order valence-corrected chi connectivity index (χ0v) is 26.3. The number of hydrogen-bond donors (Lipinski definition) is 0. The van der Waals surface area contributed by atoms with E-state index in [2.05, 4.69) is 164 Å². The first kappa shape index (κ1) is 27.5. The quantitative estimate of drug-likeness (QED) is 0.195. The number of furan rings is 1. The van der Waals surface area contributed by atoms with Crippen molar-refractivity contribution < 1.29 is 4.42 Å². The molecule has 0 radical (unpaired) electrons. The third-order valence-electron chi connectivity index (χ3n) is 9.47. The molecule has 10 aromatic rings. The predicted molar refractivity (Wildman–Crippen MR) is 201 cm³/mol. The Bertz CT molecular complexity index is 2790. The molecule has 10 rings (SSSR count). The van der Waals surface area contributed by atoms with Crippen LogP contribution >= 0.6 is 0 Å². The lowest BCUT2D eigenvalue weighted by atomic mass is 9.95. The summed E-state index contributed by atoms with van der Waals surface area (Å²) in [6.07, 6.45) is 0. The van der Waals surface area contributed by atoms with Gasteiger partial charge in [-0.1, -0.05) is 133 Å². The van der Waals surface area contributed by atoms with Gasteiger partial charge in [0.25, 0.3) is 0 Å². The van der Waals surface area contributed by atoms with E-state index in [1.807, 2.05) is 0 Å². The first-order chi connectivity index (χ1) is 24.2.